The van der Waals surface area contributed by atoms with E-state index in [1.165, 1.54) is 12.8 Å². The van der Waals surface area contributed by atoms with Crippen LogP contribution in [-0.2, 0) is 4.74 Å². The number of amides is 1. The van der Waals surface area contributed by atoms with Gasteiger partial charge in [0.25, 0.3) is 5.91 Å². The number of benzene rings is 1. The van der Waals surface area contributed by atoms with Gasteiger partial charge in [-0.1, -0.05) is 15.9 Å². The Balaban J connectivity index is 1.70. The first-order valence-electron chi connectivity index (χ1n) is 6.52. The highest BCUT2D eigenvalue weighted by molar-refractivity contribution is 9.11. The minimum absolute atomic E-state index is 0.0273. The molecule has 0 aromatic heterocycles. The van der Waals surface area contributed by atoms with Gasteiger partial charge in [0.15, 0.2) is 0 Å². The summed E-state index contributed by atoms with van der Waals surface area (Å²) in [4.78, 5) is 12.3. The van der Waals surface area contributed by atoms with Gasteiger partial charge < -0.3 is 10.1 Å². The molecule has 1 amide bonds. The standard InChI is InChI=1S/C14H15Br2NO2/c15-9-3-4-10(11(16)7-9)14(18)17-12-5-6-19-13(12)8-1-2-8/h3-4,7-8,12-13H,1-2,5-6H2,(H,17,18). The smallest absolute Gasteiger partial charge is 0.252 e. The molecule has 2 aliphatic rings. The number of nitrogens with one attached hydrogen (secondary N) is 1. The molecule has 5 heteroatoms. The van der Waals surface area contributed by atoms with Crippen LogP contribution in [0.15, 0.2) is 27.1 Å². The molecule has 0 bridgehead atoms. The zero-order chi connectivity index (χ0) is 13.4. The average Bonchev–Trinajstić information content (AvgIpc) is 3.10. The summed E-state index contributed by atoms with van der Waals surface area (Å²) in [6.07, 6.45) is 3.61. The Morgan fingerprint density at radius 2 is 2.05 bits per heavy atom. The number of halogens is 2. The van der Waals surface area contributed by atoms with Gasteiger partial charge in [-0.15, -0.1) is 0 Å². The number of hydrogen-bond donors (Lipinski definition) is 1. The Morgan fingerprint density at radius 1 is 1.26 bits per heavy atom. The summed E-state index contributed by atoms with van der Waals surface area (Å²) in [5.74, 6) is 0.627. The summed E-state index contributed by atoms with van der Waals surface area (Å²) in [5.41, 5.74) is 0.671. The van der Waals surface area contributed by atoms with Gasteiger partial charge in [0.2, 0.25) is 0 Å². The van der Waals surface area contributed by atoms with Crippen LogP contribution in [0.25, 0.3) is 0 Å². The van der Waals surface area contributed by atoms with Gasteiger partial charge in [-0.2, -0.15) is 0 Å². The molecule has 2 fully saturated rings. The molecule has 3 rings (SSSR count). The number of ether oxygens (including phenoxy) is 1. The van der Waals surface area contributed by atoms with Crippen molar-refractivity contribution in [2.45, 2.75) is 31.4 Å². The third-order valence-corrected chi connectivity index (χ3v) is 4.86. The summed E-state index contributed by atoms with van der Waals surface area (Å²) in [6.45, 7) is 0.758. The minimum atomic E-state index is -0.0273. The maximum absolute atomic E-state index is 12.3. The van der Waals surface area contributed by atoms with Crippen LogP contribution in [0.5, 0.6) is 0 Å². The summed E-state index contributed by atoms with van der Waals surface area (Å²) in [7, 11) is 0. The van der Waals surface area contributed by atoms with E-state index in [4.69, 9.17) is 4.74 Å². The number of carbonyl (C=O) groups excluding carboxylic acids is 1. The van der Waals surface area contributed by atoms with Gasteiger partial charge >= 0.3 is 0 Å². The molecular weight excluding hydrogens is 374 g/mol. The molecule has 1 N–H and O–H groups in total. The zero-order valence-electron chi connectivity index (χ0n) is 10.4. The summed E-state index contributed by atoms with van der Waals surface area (Å²) in [6, 6.07) is 5.75. The van der Waals surface area contributed by atoms with E-state index in [1.807, 2.05) is 18.2 Å². The molecule has 1 aromatic rings. The second kappa shape index (κ2) is 5.54. The van der Waals surface area contributed by atoms with E-state index in [1.54, 1.807) is 0 Å². The first-order valence-corrected chi connectivity index (χ1v) is 8.11. The number of rotatable bonds is 3. The Bertz CT molecular complexity index is 502. The molecule has 0 radical (unpaired) electrons. The quantitative estimate of drug-likeness (QED) is 0.860. The lowest BCUT2D eigenvalue weighted by atomic mass is 10.1. The molecule has 3 nitrogen and oxygen atoms in total. The third kappa shape index (κ3) is 3.03. The maximum atomic E-state index is 12.3. The lowest BCUT2D eigenvalue weighted by molar-refractivity contribution is 0.0729. The molecule has 1 aliphatic heterocycles. The normalized spacial score (nSPS) is 26.4. The van der Waals surface area contributed by atoms with Gasteiger partial charge in [-0.25, -0.2) is 0 Å². The largest absolute Gasteiger partial charge is 0.376 e. The highest BCUT2D eigenvalue weighted by Gasteiger charge is 2.41. The molecular formula is C14H15Br2NO2. The van der Waals surface area contributed by atoms with Crippen molar-refractivity contribution in [1.29, 1.82) is 0 Å². The van der Waals surface area contributed by atoms with Gasteiger partial charge in [0.05, 0.1) is 17.7 Å². The minimum Gasteiger partial charge on any atom is -0.376 e. The molecule has 2 unspecified atom stereocenters. The lowest BCUT2D eigenvalue weighted by Gasteiger charge is -2.19. The van der Waals surface area contributed by atoms with Crippen molar-refractivity contribution in [3.63, 3.8) is 0 Å². The fourth-order valence-electron chi connectivity index (χ4n) is 2.57. The first-order chi connectivity index (χ1) is 9.15. The highest BCUT2D eigenvalue weighted by Crippen LogP contribution is 2.38. The number of carbonyl (C=O) groups is 1. The van der Waals surface area contributed by atoms with E-state index in [2.05, 4.69) is 37.2 Å². The van der Waals surface area contributed by atoms with E-state index >= 15 is 0 Å². The van der Waals surface area contributed by atoms with Crippen LogP contribution in [-0.4, -0.2) is 24.7 Å². The summed E-state index contributed by atoms with van der Waals surface area (Å²) in [5, 5.41) is 3.12. The average molecular weight is 389 g/mol. The van der Waals surface area contributed by atoms with Crippen molar-refractivity contribution in [1.82, 2.24) is 5.32 Å². The van der Waals surface area contributed by atoms with Crippen LogP contribution in [0.2, 0.25) is 0 Å². The van der Waals surface area contributed by atoms with Crippen LogP contribution >= 0.6 is 31.9 Å². The number of hydrogen-bond acceptors (Lipinski definition) is 2. The van der Waals surface area contributed by atoms with Gasteiger partial charge in [-0.3, -0.25) is 4.79 Å². The molecule has 0 spiro atoms. The Morgan fingerprint density at radius 3 is 2.74 bits per heavy atom. The molecule has 19 heavy (non-hydrogen) atoms. The van der Waals surface area contributed by atoms with Crippen LogP contribution in [0.3, 0.4) is 0 Å². The second-order valence-electron chi connectivity index (χ2n) is 5.17. The monoisotopic (exact) mass is 387 g/mol. The van der Waals surface area contributed by atoms with E-state index < -0.39 is 0 Å². The third-order valence-electron chi connectivity index (χ3n) is 3.71. The van der Waals surface area contributed by atoms with Crippen molar-refractivity contribution < 1.29 is 9.53 Å². The predicted molar refractivity (Wildman–Crippen MR) is 80.2 cm³/mol. The van der Waals surface area contributed by atoms with Gasteiger partial charge in [-0.05, 0) is 59.3 Å². The molecule has 1 saturated heterocycles. The molecule has 1 heterocycles. The van der Waals surface area contributed by atoms with Crippen LogP contribution < -0.4 is 5.32 Å². The maximum Gasteiger partial charge on any atom is 0.252 e. The van der Waals surface area contributed by atoms with E-state index in [0.717, 1.165) is 22.0 Å². The van der Waals surface area contributed by atoms with Crippen molar-refractivity contribution in [2.75, 3.05) is 6.61 Å². The molecule has 1 saturated carbocycles. The Kier molecular flexibility index (Phi) is 3.96. The van der Waals surface area contributed by atoms with Crippen molar-refractivity contribution >= 4 is 37.8 Å². The Hall–Kier alpha value is -0.390. The summed E-state index contributed by atoms with van der Waals surface area (Å²) >= 11 is 6.82. The Labute approximate surface area is 129 Å². The van der Waals surface area contributed by atoms with Crippen molar-refractivity contribution in [3.05, 3.63) is 32.7 Å². The topological polar surface area (TPSA) is 38.3 Å². The van der Waals surface area contributed by atoms with Crippen LogP contribution in [0.1, 0.15) is 29.6 Å². The van der Waals surface area contributed by atoms with Crippen LogP contribution in [0.4, 0.5) is 0 Å². The van der Waals surface area contributed by atoms with Gasteiger partial charge in [0.1, 0.15) is 0 Å². The van der Waals surface area contributed by atoms with E-state index in [-0.39, 0.29) is 18.1 Å². The fourth-order valence-corrected chi connectivity index (χ4v) is 3.80. The zero-order valence-corrected chi connectivity index (χ0v) is 13.5. The molecule has 2 atom stereocenters. The predicted octanol–water partition coefficient (Wildman–Crippen LogP) is 3.51. The van der Waals surface area contributed by atoms with Crippen molar-refractivity contribution in [3.8, 4) is 0 Å². The first kappa shape index (κ1) is 13.6. The van der Waals surface area contributed by atoms with Gasteiger partial charge in [0, 0.05) is 15.6 Å². The molecule has 1 aromatic carbocycles. The lowest BCUT2D eigenvalue weighted by Crippen LogP contribution is -2.41. The molecule has 1 aliphatic carbocycles. The van der Waals surface area contributed by atoms with E-state index in [0.29, 0.717) is 11.5 Å². The van der Waals surface area contributed by atoms with Crippen molar-refractivity contribution in [2.24, 2.45) is 5.92 Å². The summed E-state index contributed by atoms with van der Waals surface area (Å²) < 4.78 is 7.50. The van der Waals surface area contributed by atoms with E-state index in [9.17, 15) is 4.79 Å². The SMILES string of the molecule is O=C(NC1CCOC1C1CC1)c1ccc(Br)cc1Br. The molecule has 102 valence electrons. The second-order valence-corrected chi connectivity index (χ2v) is 6.94. The highest BCUT2D eigenvalue weighted by atomic mass is 79.9. The van der Waals surface area contributed by atoms with Crippen LogP contribution in [0, 0.1) is 5.92 Å². The fraction of sp³-hybridized carbons (Fsp3) is 0.500.